The monoisotopic (exact) mass is 272 g/mol. The van der Waals surface area contributed by atoms with Crippen LogP contribution in [0.2, 0.25) is 0 Å². The van der Waals surface area contributed by atoms with Gasteiger partial charge in [-0.05, 0) is 18.2 Å². The molecule has 1 amide bonds. The molecule has 5 heteroatoms. The van der Waals surface area contributed by atoms with Gasteiger partial charge in [0.05, 0.1) is 5.69 Å². The minimum absolute atomic E-state index is 0.122. The molecule has 1 unspecified atom stereocenters. The Morgan fingerprint density at radius 1 is 1.53 bits per heavy atom. The normalized spacial score (nSPS) is 21.1. The molecular formula is C10H10BrFN2O. The van der Waals surface area contributed by atoms with Gasteiger partial charge < -0.3 is 10.6 Å². The lowest BCUT2D eigenvalue weighted by atomic mass is 10.3. The Balaban J connectivity index is 2.34. The van der Waals surface area contributed by atoms with Crippen molar-refractivity contribution < 1.29 is 9.18 Å². The highest BCUT2D eigenvalue weighted by Crippen LogP contribution is 2.26. The van der Waals surface area contributed by atoms with Crippen LogP contribution < -0.4 is 10.6 Å². The van der Waals surface area contributed by atoms with Crippen molar-refractivity contribution in [3.63, 3.8) is 0 Å². The molecule has 1 heterocycles. The van der Waals surface area contributed by atoms with Gasteiger partial charge in [-0.15, -0.1) is 0 Å². The van der Waals surface area contributed by atoms with E-state index in [-0.39, 0.29) is 18.4 Å². The van der Waals surface area contributed by atoms with Crippen LogP contribution in [-0.2, 0) is 4.79 Å². The SMILES string of the molecule is NC1CC(=O)N(c2ccc(Br)cc2F)C1. The van der Waals surface area contributed by atoms with Gasteiger partial charge in [0, 0.05) is 23.5 Å². The molecule has 0 aromatic heterocycles. The number of carbonyl (C=O) groups is 1. The summed E-state index contributed by atoms with van der Waals surface area (Å²) in [6.07, 6.45) is 0.287. The van der Waals surface area contributed by atoms with E-state index in [9.17, 15) is 9.18 Å². The quantitative estimate of drug-likeness (QED) is 0.845. The van der Waals surface area contributed by atoms with Crippen LogP contribution in [0.25, 0.3) is 0 Å². The summed E-state index contributed by atoms with van der Waals surface area (Å²) in [5.41, 5.74) is 5.94. The first-order valence-corrected chi connectivity index (χ1v) is 5.38. The molecule has 1 aliphatic heterocycles. The first-order valence-electron chi connectivity index (χ1n) is 4.59. The van der Waals surface area contributed by atoms with E-state index in [2.05, 4.69) is 15.9 Å². The standard InChI is InChI=1S/C10H10BrFN2O/c11-6-1-2-9(8(12)3-6)14-5-7(13)4-10(14)15/h1-3,7H,4-5,13H2. The average molecular weight is 273 g/mol. The van der Waals surface area contributed by atoms with E-state index in [1.165, 1.54) is 11.0 Å². The van der Waals surface area contributed by atoms with E-state index >= 15 is 0 Å². The Morgan fingerprint density at radius 3 is 2.80 bits per heavy atom. The largest absolute Gasteiger partial charge is 0.326 e. The molecule has 0 aliphatic carbocycles. The molecule has 1 fully saturated rings. The average Bonchev–Trinajstić information content (AvgIpc) is 2.45. The lowest BCUT2D eigenvalue weighted by Crippen LogP contribution is -2.28. The van der Waals surface area contributed by atoms with Gasteiger partial charge in [0.2, 0.25) is 5.91 Å². The van der Waals surface area contributed by atoms with Crippen LogP contribution in [0.5, 0.6) is 0 Å². The number of rotatable bonds is 1. The number of nitrogens with two attached hydrogens (primary N) is 1. The van der Waals surface area contributed by atoms with Gasteiger partial charge in [-0.2, -0.15) is 0 Å². The summed E-state index contributed by atoms with van der Waals surface area (Å²) in [5.74, 6) is -0.532. The smallest absolute Gasteiger partial charge is 0.228 e. The maximum atomic E-state index is 13.5. The zero-order chi connectivity index (χ0) is 11.0. The van der Waals surface area contributed by atoms with E-state index in [0.29, 0.717) is 16.7 Å². The number of anilines is 1. The molecule has 1 aromatic carbocycles. The molecule has 1 aromatic rings. The van der Waals surface area contributed by atoms with Crippen LogP contribution in [-0.4, -0.2) is 18.5 Å². The van der Waals surface area contributed by atoms with Crippen LogP contribution in [0, 0.1) is 5.82 Å². The fourth-order valence-electron chi connectivity index (χ4n) is 1.67. The molecule has 0 spiro atoms. The number of benzene rings is 1. The van der Waals surface area contributed by atoms with Gasteiger partial charge >= 0.3 is 0 Å². The van der Waals surface area contributed by atoms with Crippen LogP contribution in [0.1, 0.15) is 6.42 Å². The summed E-state index contributed by atoms with van der Waals surface area (Å²) in [6.45, 7) is 0.386. The maximum Gasteiger partial charge on any atom is 0.228 e. The third-order valence-corrected chi connectivity index (χ3v) is 2.85. The number of nitrogens with zero attached hydrogens (tertiary/aromatic N) is 1. The molecule has 0 radical (unpaired) electrons. The second-order valence-electron chi connectivity index (χ2n) is 3.56. The number of hydrogen-bond donors (Lipinski definition) is 1. The Kier molecular flexibility index (Phi) is 2.75. The van der Waals surface area contributed by atoms with Gasteiger partial charge in [-0.1, -0.05) is 15.9 Å². The van der Waals surface area contributed by atoms with Crippen molar-refractivity contribution in [3.05, 3.63) is 28.5 Å². The van der Waals surface area contributed by atoms with Crippen molar-refractivity contribution in [1.82, 2.24) is 0 Å². The summed E-state index contributed by atoms with van der Waals surface area (Å²) in [5, 5.41) is 0. The lowest BCUT2D eigenvalue weighted by molar-refractivity contribution is -0.117. The summed E-state index contributed by atoms with van der Waals surface area (Å²) >= 11 is 3.16. The van der Waals surface area contributed by atoms with Gasteiger partial charge in [-0.25, -0.2) is 4.39 Å². The van der Waals surface area contributed by atoms with Crippen molar-refractivity contribution in [2.45, 2.75) is 12.5 Å². The molecule has 80 valence electrons. The molecule has 15 heavy (non-hydrogen) atoms. The number of carbonyl (C=O) groups excluding carboxylic acids is 1. The van der Waals surface area contributed by atoms with Crippen LogP contribution in [0.15, 0.2) is 22.7 Å². The molecule has 1 aliphatic rings. The topological polar surface area (TPSA) is 46.3 Å². The highest BCUT2D eigenvalue weighted by Gasteiger charge is 2.29. The van der Waals surface area contributed by atoms with Crippen molar-refractivity contribution in [2.75, 3.05) is 11.4 Å². The zero-order valence-corrected chi connectivity index (χ0v) is 9.50. The molecule has 0 bridgehead atoms. The van der Waals surface area contributed by atoms with E-state index in [1.807, 2.05) is 0 Å². The Hall–Kier alpha value is -0.940. The van der Waals surface area contributed by atoms with Crippen molar-refractivity contribution in [2.24, 2.45) is 5.73 Å². The first-order chi connectivity index (χ1) is 7.08. The summed E-state index contributed by atoms with van der Waals surface area (Å²) in [6, 6.07) is 4.43. The predicted octanol–water partition coefficient (Wildman–Crippen LogP) is 1.65. The van der Waals surface area contributed by atoms with Crippen molar-refractivity contribution in [3.8, 4) is 0 Å². The summed E-state index contributed by atoms with van der Waals surface area (Å²) < 4.78 is 14.2. The summed E-state index contributed by atoms with van der Waals surface area (Å²) in [7, 11) is 0. The molecule has 1 atom stereocenters. The van der Waals surface area contributed by atoms with E-state index < -0.39 is 5.82 Å². The molecule has 0 saturated carbocycles. The number of amides is 1. The maximum absolute atomic E-state index is 13.5. The van der Waals surface area contributed by atoms with Crippen molar-refractivity contribution >= 4 is 27.5 Å². The predicted molar refractivity (Wildman–Crippen MR) is 59.0 cm³/mol. The van der Waals surface area contributed by atoms with Gasteiger partial charge in [0.15, 0.2) is 0 Å². The second kappa shape index (κ2) is 3.90. The zero-order valence-electron chi connectivity index (χ0n) is 7.91. The highest BCUT2D eigenvalue weighted by atomic mass is 79.9. The van der Waals surface area contributed by atoms with Crippen LogP contribution in [0.4, 0.5) is 10.1 Å². The molecule has 2 N–H and O–H groups in total. The Bertz CT molecular complexity index is 410. The minimum Gasteiger partial charge on any atom is -0.326 e. The third-order valence-electron chi connectivity index (χ3n) is 2.36. The first kappa shape index (κ1) is 10.6. The van der Waals surface area contributed by atoms with Crippen LogP contribution >= 0.6 is 15.9 Å². The second-order valence-corrected chi connectivity index (χ2v) is 4.48. The van der Waals surface area contributed by atoms with E-state index in [4.69, 9.17) is 5.73 Å². The van der Waals surface area contributed by atoms with Gasteiger partial charge in [0.25, 0.3) is 0 Å². The lowest BCUT2D eigenvalue weighted by Gasteiger charge is -2.16. The van der Waals surface area contributed by atoms with Crippen LogP contribution in [0.3, 0.4) is 0 Å². The van der Waals surface area contributed by atoms with Gasteiger partial charge in [0.1, 0.15) is 5.82 Å². The Morgan fingerprint density at radius 2 is 2.27 bits per heavy atom. The van der Waals surface area contributed by atoms with Gasteiger partial charge in [-0.3, -0.25) is 4.79 Å². The minimum atomic E-state index is -0.410. The number of hydrogen-bond acceptors (Lipinski definition) is 2. The fourth-order valence-corrected chi connectivity index (χ4v) is 2.00. The Labute approximate surface area is 95.2 Å². The molecule has 3 nitrogen and oxygen atoms in total. The number of halogens is 2. The fraction of sp³-hybridized carbons (Fsp3) is 0.300. The van der Waals surface area contributed by atoms with Crippen molar-refractivity contribution in [1.29, 1.82) is 0 Å². The summed E-state index contributed by atoms with van der Waals surface area (Å²) in [4.78, 5) is 12.9. The molecule has 2 rings (SSSR count). The van der Waals surface area contributed by atoms with E-state index in [0.717, 1.165) is 0 Å². The third kappa shape index (κ3) is 2.03. The molecular weight excluding hydrogens is 263 g/mol. The van der Waals surface area contributed by atoms with E-state index in [1.54, 1.807) is 12.1 Å². The molecule has 1 saturated heterocycles. The highest BCUT2D eigenvalue weighted by molar-refractivity contribution is 9.10.